The molecule has 5 rings (SSSR count). The van der Waals surface area contributed by atoms with Gasteiger partial charge in [-0.3, -0.25) is 9.36 Å². The number of nitrogens with zero attached hydrogens (tertiary/aromatic N) is 6. The Balaban J connectivity index is 1.79. The summed E-state index contributed by atoms with van der Waals surface area (Å²) in [5.74, 6) is 6.26. The van der Waals surface area contributed by atoms with Crippen LogP contribution in [0.3, 0.4) is 0 Å². The molecule has 3 heterocycles. The number of nitrogen functional groups attached to an aromatic ring is 1. The maximum absolute atomic E-state index is 13.8. The highest BCUT2D eigenvalue weighted by molar-refractivity contribution is 5.90. The lowest BCUT2D eigenvalue weighted by atomic mass is 10.1. The zero-order valence-electron chi connectivity index (χ0n) is 19.5. The molecule has 0 aliphatic carbocycles. The summed E-state index contributed by atoms with van der Waals surface area (Å²) < 4.78 is 3.24. The van der Waals surface area contributed by atoms with E-state index in [-0.39, 0.29) is 17.9 Å². The van der Waals surface area contributed by atoms with Crippen LogP contribution in [0.1, 0.15) is 29.6 Å². The summed E-state index contributed by atoms with van der Waals surface area (Å²) in [6, 6.07) is 13.3. The molecule has 9 heteroatoms. The Morgan fingerprint density at radius 3 is 2.60 bits per heavy atom. The van der Waals surface area contributed by atoms with Crippen LogP contribution < -0.4 is 11.3 Å². The number of benzene rings is 2. The minimum atomic E-state index is -0.835. The van der Waals surface area contributed by atoms with Gasteiger partial charge in [-0.15, -0.1) is 0 Å². The Bertz CT molecular complexity index is 1720. The summed E-state index contributed by atoms with van der Waals surface area (Å²) in [5, 5.41) is 15.3. The van der Waals surface area contributed by atoms with E-state index in [1.807, 2.05) is 56.3 Å². The highest BCUT2D eigenvalue weighted by atomic mass is 16.3. The summed E-state index contributed by atoms with van der Waals surface area (Å²) in [5.41, 5.74) is 9.91. The first-order valence-electron chi connectivity index (χ1n) is 11.1. The maximum Gasteiger partial charge on any atom is 0.266 e. The van der Waals surface area contributed by atoms with Crippen LogP contribution in [0.4, 0.5) is 5.82 Å². The topological polar surface area (TPSA) is 125 Å². The van der Waals surface area contributed by atoms with Crippen molar-refractivity contribution < 1.29 is 5.11 Å². The highest BCUT2D eigenvalue weighted by Gasteiger charge is 2.20. The zero-order valence-corrected chi connectivity index (χ0v) is 19.5. The van der Waals surface area contributed by atoms with Crippen molar-refractivity contribution in [3.05, 3.63) is 81.8 Å². The fraction of sp³-hybridized carbons (Fsp3) is 0.192. The van der Waals surface area contributed by atoms with E-state index in [0.29, 0.717) is 33.5 Å². The molecule has 0 fully saturated rings. The first-order chi connectivity index (χ1) is 16.8. The number of anilines is 1. The molecule has 0 bridgehead atoms. The van der Waals surface area contributed by atoms with Gasteiger partial charge in [-0.1, -0.05) is 36.3 Å². The summed E-state index contributed by atoms with van der Waals surface area (Å²) in [7, 11) is 0. The first-order valence-corrected chi connectivity index (χ1v) is 11.1. The van der Waals surface area contributed by atoms with Crippen molar-refractivity contribution in [3.8, 4) is 17.5 Å². The van der Waals surface area contributed by atoms with Gasteiger partial charge in [0, 0.05) is 0 Å². The zero-order chi connectivity index (χ0) is 24.7. The number of fused-ring (bicyclic) bond motifs is 2. The molecule has 174 valence electrons. The van der Waals surface area contributed by atoms with Gasteiger partial charge < -0.3 is 10.8 Å². The van der Waals surface area contributed by atoms with Crippen LogP contribution in [0.5, 0.6) is 0 Å². The van der Waals surface area contributed by atoms with Gasteiger partial charge in [0.2, 0.25) is 0 Å². The van der Waals surface area contributed by atoms with Gasteiger partial charge in [-0.2, -0.15) is 5.10 Å². The van der Waals surface area contributed by atoms with E-state index in [1.54, 1.807) is 16.2 Å². The van der Waals surface area contributed by atoms with Gasteiger partial charge in [0.15, 0.2) is 5.65 Å². The molecule has 1 atom stereocenters. The van der Waals surface area contributed by atoms with E-state index in [0.717, 1.165) is 16.8 Å². The number of hydrogen-bond acceptors (Lipinski definition) is 7. The minimum absolute atomic E-state index is 0.136. The van der Waals surface area contributed by atoms with Crippen LogP contribution in [0, 0.1) is 25.7 Å². The number of hydrogen-bond donors (Lipinski definition) is 2. The van der Waals surface area contributed by atoms with Gasteiger partial charge >= 0.3 is 0 Å². The summed E-state index contributed by atoms with van der Waals surface area (Å²) in [4.78, 5) is 27.1. The quantitative estimate of drug-likeness (QED) is 0.392. The third kappa shape index (κ3) is 3.90. The number of aromatic nitrogens is 6. The van der Waals surface area contributed by atoms with Crippen LogP contribution in [-0.2, 0) is 6.54 Å². The van der Waals surface area contributed by atoms with Gasteiger partial charge in [0.25, 0.3) is 5.56 Å². The number of aliphatic hydroxyl groups excluding tert-OH is 1. The van der Waals surface area contributed by atoms with Crippen molar-refractivity contribution in [3.63, 3.8) is 0 Å². The molecule has 0 radical (unpaired) electrons. The molecule has 3 aromatic heterocycles. The minimum Gasteiger partial charge on any atom is -0.383 e. The fourth-order valence-corrected chi connectivity index (χ4v) is 4.15. The molecule has 5 aromatic rings. The molecule has 0 aliphatic rings. The number of aryl methyl sites for hydroxylation is 2. The summed E-state index contributed by atoms with van der Waals surface area (Å²) in [6.07, 6.45) is 0.519. The normalized spacial score (nSPS) is 12.0. The molecule has 0 saturated heterocycles. The van der Waals surface area contributed by atoms with E-state index in [2.05, 4.69) is 26.9 Å². The molecule has 0 spiro atoms. The smallest absolute Gasteiger partial charge is 0.266 e. The largest absolute Gasteiger partial charge is 0.383 e. The molecule has 0 aliphatic heterocycles. The lowest BCUT2D eigenvalue weighted by Gasteiger charge is -2.16. The van der Waals surface area contributed by atoms with Crippen molar-refractivity contribution in [1.29, 1.82) is 0 Å². The second kappa shape index (κ2) is 8.66. The number of para-hydroxylation sites is 1. The molecule has 35 heavy (non-hydrogen) atoms. The molecule has 0 saturated carbocycles. The van der Waals surface area contributed by atoms with Crippen LogP contribution >= 0.6 is 0 Å². The average molecular weight is 466 g/mol. The third-order valence-corrected chi connectivity index (χ3v) is 5.78. The molecule has 2 aromatic carbocycles. The van der Waals surface area contributed by atoms with E-state index >= 15 is 0 Å². The lowest BCUT2D eigenvalue weighted by Crippen LogP contribution is -2.26. The van der Waals surface area contributed by atoms with Crippen LogP contribution in [0.15, 0.2) is 53.6 Å². The SMILES string of the molecule is Cc1ccccc1-n1c(Cn2nc(C#C[C@@H](C)O)c3c(N)ncnc32)nc2cccc(C)c2c1=O. The predicted octanol–water partition coefficient (Wildman–Crippen LogP) is 2.51. The van der Waals surface area contributed by atoms with Gasteiger partial charge in [-0.05, 0) is 50.0 Å². The van der Waals surface area contributed by atoms with E-state index in [4.69, 9.17) is 10.7 Å². The Hall–Kier alpha value is -4.55. The van der Waals surface area contributed by atoms with Gasteiger partial charge in [0.1, 0.15) is 36.3 Å². The predicted molar refractivity (Wildman–Crippen MR) is 134 cm³/mol. The second-order valence-electron chi connectivity index (χ2n) is 8.33. The van der Waals surface area contributed by atoms with E-state index in [1.165, 1.54) is 6.33 Å². The van der Waals surface area contributed by atoms with Crippen molar-refractivity contribution in [2.45, 2.75) is 33.4 Å². The van der Waals surface area contributed by atoms with Crippen molar-refractivity contribution in [2.75, 3.05) is 5.73 Å². The lowest BCUT2D eigenvalue weighted by molar-refractivity contribution is 0.253. The molecule has 0 unspecified atom stereocenters. The Kier molecular flexibility index (Phi) is 5.51. The van der Waals surface area contributed by atoms with Crippen LogP contribution in [-0.4, -0.2) is 40.5 Å². The number of nitrogens with two attached hydrogens (primary N) is 1. The van der Waals surface area contributed by atoms with Crippen molar-refractivity contribution >= 4 is 27.8 Å². The van der Waals surface area contributed by atoms with Crippen molar-refractivity contribution in [2.24, 2.45) is 0 Å². The Morgan fingerprint density at radius 1 is 1.06 bits per heavy atom. The summed E-state index contributed by atoms with van der Waals surface area (Å²) in [6.45, 7) is 5.56. The Morgan fingerprint density at radius 2 is 1.83 bits per heavy atom. The fourth-order valence-electron chi connectivity index (χ4n) is 4.15. The standard InChI is InChI=1S/C26H23N7O2/c1-15-7-4-5-10-20(15)33-21(30-18-9-6-8-16(2)22(18)26(33)35)13-32-25-23(24(27)28-14-29-25)19(31-32)12-11-17(3)34/h4-10,14,17,34H,13H2,1-3H3,(H2,27,28,29)/t17-/m1/s1. The van der Waals surface area contributed by atoms with Crippen LogP contribution in [0.2, 0.25) is 0 Å². The van der Waals surface area contributed by atoms with E-state index in [9.17, 15) is 9.90 Å². The first kappa shape index (κ1) is 22.3. The molecule has 3 N–H and O–H groups in total. The molecule has 9 nitrogen and oxygen atoms in total. The molecular weight excluding hydrogens is 442 g/mol. The maximum atomic E-state index is 13.8. The molecular formula is C26H23N7O2. The highest BCUT2D eigenvalue weighted by Crippen LogP contribution is 2.23. The second-order valence-corrected chi connectivity index (χ2v) is 8.33. The number of aliphatic hydroxyl groups is 1. The monoisotopic (exact) mass is 465 g/mol. The van der Waals surface area contributed by atoms with Crippen LogP contribution in [0.25, 0.3) is 27.6 Å². The molecule has 0 amide bonds. The van der Waals surface area contributed by atoms with Crippen molar-refractivity contribution in [1.82, 2.24) is 29.3 Å². The third-order valence-electron chi connectivity index (χ3n) is 5.78. The Labute approximate surface area is 200 Å². The van der Waals surface area contributed by atoms with Gasteiger partial charge in [0.05, 0.1) is 22.0 Å². The van der Waals surface area contributed by atoms with E-state index < -0.39 is 6.10 Å². The number of rotatable bonds is 3. The average Bonchev–Trinajstić information content (AvgIpc) is 3.17. The van der Waals surface area contributed by atoms with Gasteiger partial charge in [-0.25, -0.2) is 19.6 Å². The summed E-state index contributed by atoms with van der Waals surface area (Å²) >= 11 is 0.